The van der Waals surface area contributed by atoms with Gasteiger partial charge in [-0.2, -0.15) is 11.3 Å². The van der Waals surface area contributed by atoms with Crippen molar-refractivity contribution in [3.63, 3.8) is 0 Å². The molecule has 0 bridgehead atoms. The standard InChI is InChI=1S/C18H17NO4S2/c20-18(9-11-25(21,22)16-4-2-1-3-5-16)19-12-15-6-7-17(23-15)14-8-10-24-13-14/h1-8,10,13H,9,11-12H2,(H,19,20). The molecule has 2 aromatic heterocycles. The van der Waals surface area contributed by atoms with E-state index in [0.29, 0.717) is 5.76 Å². The van der Waals surface area contributed by atoms with Gasteiger partial charge in [0, 0.05) is 17.4 Å². The summed E-state index contributed by atoms with van der Waals surface area (Å²) in [4.78, 5) is 12.1. The van der Waals surface area contributed by atoms with Gasteiger partial charge in [-0.15, -0.1) is 0 Å². The number of carbonyl (C=O) groups is 1. The summed E-state index contributed by atoms with van der Waals surface area (Å²) in [5.41, 5.74) is 0.997. The van der Waals surface area contributed by atoms with Crippen molar-refractivity contribution in [2.75, 3.05) is 5.75 Å². The zero-order valence-corrected chi connectivity index (χ0v) is 15.0. The van der Waals surface area contributed by atoms with Gasteiger partial charge in [0.2, 0.25) is 5.91 Å². The lowest BCUT2D eigenvalue weighted by atomic mass is 10.3. The molecule has 25 heavy (non-hydrogen) atoms. The first kappa shape index (κ1) is 17.4. The highest BCUT2D eigenvalue weighted by Gasteiger charge is 2.16. The molecule has 0 fully saturated rings. The molecule has 7 heteroatoms. The van der Waals surface area contributed by atoms with E-state index in [9.17, 15) is 13.2 Å². The van der Waals surface area contributed by atoms with Crippen LogP contribution in [0.3, 0.4) is 0 Å². The maximum Gasteiger partial charge on any atom is 0.221 e. The number of sulfone groups is 1. The van der Waals surface area contributed by atoms with E-state index in [4.69, 9.17) is 4.42 Å². The predicted octanol–water partition coefficient (Wildman–Crippen LogP) is 3.49. The van der Waals surface area contributed by atoms with Gasteiger partial charge in [0.15, 0.2) is 9.84 Å². The largest absolute Gasteiger partial charge is 0.459 e. The summed E-state index contributed by atoms with van der Waals surface area (Å²) in [5.74, 6) is 0.826. The van der Waals surface area contributed by atoms with Gasteiger partial charge in [0.05, 0.1) is 17.2 Å². The molecule has 0 unspecified atom stereocenters. The number of thiophene rings is 1. The van der Waals surface area contributed by atoms with Gasteiger partial charge in [-0.25, -0.2) is 8.42 Å². The first-order valence-corrected chi connectivity index (χ1v) is 10.3. The molecule has 0 aliphatic carbocycles. The van der Waals surface area contributed by atoms with E-state index < -0.39 is 9.84 Å². The lowest BCUT2D eigenvalue weighted by Crippen LogP contribution is -2.25. The maximum absolute atomic E-state index is 12.1. The number of carbonyl (C=O) groups excluding carboxylic acids is 1. The summed E-state index contributed by atoms with van der Waals surface area (Å²) in [6, 6.07) is 13.7. The lowest BCUT2D eigenvalue weighted by molar-refractivity contribution is -0.120. The number of rotatable bonds is 7. The molecule has 130 valence electrons. The van der Waals surface area contributed by atoms with Crippen LogP contribution < -0.4 is 5.32 Å². The molecule has 1 aromatic carbocycles. The van der Waals surface area contributed by atoms with Crippen LogP contribution in [0.2, 0.25) is 0 Å². The minimum absolute atomic E-state index is 0.0880. The summed E-state index contributed by atoms with van der Waals surface area (Å²) >= 11 is 1.58. The van der Waals surface area contributed by atoms with E-state index in [1.807, 2.05) is 22.9 Å². The summed E-state index contributed by atoms with van der Waals surface area (Å²) in [5, 5.41) is 6.63. The van der Waals surface area contributed by atoms with Crippen LogP contribution >= 0.6 is 11.3 Å². The molecule has 5 nitrogen and oxygen atoms in total. The first-order chi connectivity index (χ1) is 12.0. The van der Waals surface area contributed by atoms with Crippen molar-refractivity contribution in [2.24, 2.45) is 0 Å². The van der Waals surface area contributed by atoms with Crippen LogP contribution in [0.4, 0.5) is 0 Å². The normalized spacial score (nSPS) is 11.4. The molecule has 0 atom stereocenters. The molecule has 1 N–H and O–H groups in total. The predicted molar refractivity (Wildman–Crippen MR) is 97.0 cm³/mol. The lowest BCUT2D eigenvalue weighted by Gasteiger charge is -2.05. The molecular weight excluding hydrogens is 358 g/mol. The Hall–Kier alpha value is -2.38. The molecule has 2 heterocycles. The van der Waals surface area contributed by atoms with Gasteiger partial charge in [-0.3, -0.25) is 4.79 Å². The van der Waals surface area contributed by atoms with Crippen molar-refractivity contribution < 1.29 is 17.6 Å². The Bertz CT molecular complexity index is 929. The second-order valence-corrected chi connectivity index (χ2v) is 8.33. The number of furan rings is 1. The van der Waals surface area contributed by atoms with Gasteiger partial charge in [0.1, 0.15) is 11.5 Å². The highest BCUT2D eigenvalue weighted by atomic mass is 32.2. The highest BCUT2D eigenvalue weighted by Crippen LogP contribution is 2.24. The van der Waals surface area contributed by atoms with Crippen molar-refractivity contribution >= 4 is 27.1 Å². The average molecular weight is 375 g/mol. The Balaban J connectivity index is 1.50. The molecule has 3 rings (SSSR count). The number of amides is 1. The third kappa shape index (κ3) is 4.58. The molecular formula is C18H17NO4S2. The molecule has 0 radical (unpaired) electrons. The topological polar surface area (TPSA) is 76.4 Å². The van der Waals surface area contributed by atoms with E-state index >= 15 is 0 Å². The van der Waals surface area contributed by atoms with Crippen LogP contribution in [-0.4, -0.2) is 20.1 Å². The Labute approximate surface area is 150 Å². The molecule has 0 spiro atoms. The van der Waals surface area contributed by atoms with Gasteiger partial charge in [-0.1, -0.05) is 18.2 Å². The minimum Gasteiger partial charge on any atom is -0.459 e. The van der Waals surface area contributed by atoms with E-state index in [1.54, 1.807) is 35.6 Å². The molecule has 0 saturated carbocycles. The summed E-state index contributed by atoms with van der Waals surface area (Å²) in [6.45, 7) is 0.231. The summed E-state index contributed by atoms with van der Waals surface area (Å²) in [7, 11) is -3.45. The number of hydrogen-bond donors (Lipinski definition) is 1. The molecule has 3 aromatic rings. The summed E-state index contributed by atoms with van der Waals surface area (Å²) < 4.78 is 30.0. The Morgan fingerprint density at radius 1 is 1.08 bits per heavy atom. The second kappa shape index (κ2) is 7.67. The van der Waals surface area contributed by atoms with Crippen LogP contribution in [0.1, 0.15) is 12.2 Å². The fourth-order valence-corrected chi connectivity index (χ4v) is 4.19. The van der Waals surface area contributed by atoms with Crippen molar-refractivity contribution in [1.82, 2.24) is 5.32 Å². The van der Waals surface area contributed by atoms with E-state index in [1.165, 1.54) is 12.1 Å². The Morgan fingerprint density at radius 2 is 1.88 bits per heavy atom. The van der Waals surface area contributed by atoms with Crippen LogP contribution in [0.5, 0.6) is 0 Å². The molecule has 0 aliphatic heterocycles. The molecule has 0 saturated heterocycles. The van der Waals surface area contributed by atoms with E-state index in [0.717, 1.165) is 11.3 Å². The van der Waals surface area contributed by atoms with E-state index in [-0.39, 0.29) is 29.5 Å². The van der Waals surface area contributed by atoms with Crippen LogP contribution in [-0.2, 0) is 21.2 Å². The van der Waals surface area contributed by atoms with Crippen LogP contribution in [0.15, 0.2) is 68.6 Å². The second-order valence-electron chi connectivity index (χ2n) is 5.44. The monoisotopic (exact) mass is 375 g/mol. The van der Waals surface area contributed by atoms with Crippen molar-refractivity contribution in [1.29, 1.82) is 0 Å². The van der Waals surface area contributed by atoms with Crippen molar-refractivity contribution in [3.05, 3.63) is 65.1 Å². The fourth-order valence-electron chi connectivity index (χ4n) is 2.28. The smallest absolute Gasteiger partial charge is 0.221 e. The highest BCUT2D eigenvalue weighted by molar-refractivity contribution is 7.91. The van der Waals surface area contributed by atoms with E-state index in [2.05, 4.69) is 5.32 Å². The van der Waals surface area contributed by atoms with Crippen molar-refractivity contribution in [3.8, 4) is 11.3 Å². The zero-order valence-electron chi connectivity index (χ0n) is 13.3. The Kier molecular flexibility index (Phi) is 5.35. The fraction of sp³-hybridized carbons (Fsp3) is 0.167. The van der Waals surface area contributed by atoms with Gasteiger partial charge in [0.25, 0.3) is 0 Å². The zero-order chi connectivity index (χ0) is 17.7. The Morgan fingerprint density at radius 3 is 2.60 bits per heavy atom. The summed E-state index contributed by atoms with van der Waals surface area (Å²) in [6.07, 6.45) is -0.0880. The number of hydrogen-bond acceptors (Lipinski definition) is 5. The van der Waals surface area contributed by atoms with Crippen molar-refractivity contribution in [2.45, 2.75) is 17.9 Å². The maximum atomic E-state index is 12.1. The number of benzene rings is 1. The van der Waals surface area contributed by atoms with Gasteiger partial charge in [-0.05, 0) is 35.7 Å². The SMILES string of the molecule is O=C(CCS(=O)(=O)c1ccccc1)NCc1ccc(-c2ccsc2)o1. The quantitative estimate of drug-likeness (QED) is 0.686. The van der Waals surface area contributed by atoms with Gasteiger partial charge >= 0.3 is 0 Å². The number of nitrogens with one attached hydrogen (secondary N) is 1. The molecule has 0 aliphatic rings. The first-order valence-electron chi connectivity index (χ1n) is 7.70. The third-order valence-electron chi connectivity index (χ3n) is 3.63. The van der Waals surface area contributed by atoms with Gasteiger partial charge < -0.3 is 9.73 Å². The van der Waals surface area contributed by atoms with Crippen LogP contribution in [0.25, 0.3) is 11.3 Å². The van der Waals surface area contributed by atoms with Crippen LogP contribution in [0, 0.1) is 0 Å². The third-order valence-corrected chi connectivity index (χ3v) is 6.04. The average Bonchev–Trinajstić information content (AvgIpc) is 3.30. The minimum atomic E-state index is -3.45. The molecule has 1 amide bonds.